The molecule has 1 saturated heterocycles. The van der Waals surface area contributed by atoms with E-state index in [1.165, 1.54) is 11.3 Å². The Morgan fingerprint density at radius 3 is 2.33 bits per heavy atom. The third kappa shape index (κ3) is 8.39. The third-order valence-electron chi connectivity index (χ3n) is 6.98. The number of oxime groups is 1. The molecule has 1 fully saturated rings. The van der Waals surface area contributed by atoms with Crippen LogP contribution in [0.15, 0.2) is 71.2 Å². The first-order valence-electron chi connectivity index (χ1n) is 14.1. The summed E-state index contributed by atoms with van der Waals surface area (Å²) in [7, 11) is 0. The van der Waals surface area contributed by atoms with E-state index < -0.39 is 29.6 Å². The highest BCUT2D eigenvalue weighted by Crippen LogP contribution is 2.31. The highest BCUT2D eigenvalue weighted by molar-refractivity contribution is 7.09. The molecule has 2 amide bonds. The van der Waals surface area contributed by atoms with Crippen molar-refractivity contribution in [3.63, 3.8) is 0 Å². The number of ether oxygens (including phenoxy) is 1. The molecule has 11 nitrogen and oxygen atoms in total. The van der Waals surface area contributed by atoms with Gasteiger partial charge in [-0.1, -0.05) is 65.8 Å². The zero-order valence-corrected chi connectivity index (χ0v) is 25.3. The number of hydrogen-bond acceptors (Lipinski definition) is 9. The van der Waals surface area contributed by atoms with Gasteiger partial charge in [0.25, 0.3) is 0 Å². The lowest BCUT2D eigenvalue weighted by atomic mass is 9.84. The number of rotatable bonds is 11. The molecule has 43 heavy (non-hydrogen) atoms. The molecule has 4 rings (SSSR count). The van der Waals surface area contributed by atoms with Crippen LogP contribution in [0.1, 0.15) is 61.4 Å². The Hall–Kier alpha value is -4.29. The molecule has 3 aromatic rings. The highest BCUT2D eigenvalue weighted by Gasteiger charge is 2.41. The normalized spacial score (nSPS) is 16.2. The van der Waals surface area contributed by atoms with Gasteiger partial charge in [0, 0.05) is 17.8 Å². The van der Waals surface area contributed by atoms with Crippen LogP contribution in [0, 0.1) is 0 Å². The minimum absolute atomic E-state index is 0.113. The maximum atomic E-state index is 14.4. The summed E-state index contributed by atoms with van der Waals surface area (Å²) in [5, 5.41) is 20.1. The minimum atomic E-state index is -0.854. The lowest BCUT2D eigenvalue weighted by Gasteiger charge is -2.34. The van der Waals surface area contributed by atoms with E-state index in [1.54, 1.807) is 31.1 Å². The summed E-state index contributed by atoms with van der Waals surface area (Å²) in [4.78, 5) is 46.4. The summed E-state index contributed by atoms with van der Waals surface area (Å²) in [6.45, 7) is 5.74. The van der Waals surface area contributed by atoms with Gasteiger partial charge in [-0.25, -0.2) is 4.98 Å². The summed E-state index contributed by atoms with van der Waals surface area (Å²) in [5.74, 6) is -1.60. The third-order valence-corrected chi connectivity index (χ3v) is 7.83. The number of aromatic nitrogens is 1. The number of esters is 1. The zero-order valence-electron chi connectivity index (χ0n) is 24.5. The van der Waals surface area contributed by atoms with E-state index >= 15 is 0 Å². The molecule has 0 aliphatic carbocycles. The average Bonchev–Trinajstić information content (AvgIpc) is 3.68. The quantitative estimate of drug-likeness (QED) is 0.0853. The van der Waals surface area contributed by atoms with Crippen LogP contribution >= 0.6 is 11.3 Å². The van der Waals surface area contributed by atoms with E-state index in [0.717, 1.165) is 11.1 Å². The molecule has 2 heterocycles. The number of carbonyl (C=O) groups excluding carboxylic acids is 3. The molecule has 1 aliphatic heterocycles. The van der Waals surface area contributed by atoms with Crippen LogP contribution in [0.3, 0.4) is 0 Å². The first kappa shape index (κ1) is 31.6. The minimum Gasteiger partial charge on any atom is -0.459 e. The predicted molar refractivity (Wildman–Crippen MR) is 164 cm³/mol. The number of nitrogens with two attached hydrogens (primary N) is 1. The average molecular weight is 607 g/mol. The highest BCUT2D eigenvalue weighted by atomic mass is 32.1. The Morgan fingerprint density at radius 2 is 1.74 bits per heavy atom. The lowest BCUT2D eigenvalue weighted by molar-refractivity contribution is -0.154. The Balaban J connectivity index is 1.58. The molecule has 0 bridgehead atoms. The van der Waals surface area contributed by atoms with Gasteiger partial charge in [-0.2, -0.15) is 0 Å². The molecular weight excluding hydrogens is 568 g/mol. The van der Waals surface area contributed by atoms with Gasteiger partial charge >= 0.3 is 5.97 Å². The fraction of sp³-hybridized carbons (Fsp3) is 0.387. The first-order valence-corrected chi connectivity index (χ1v) is 15.0. The largest absolute Gasteiger partial charge is 0.459 e. The van der Waals surface area contributed by atoms with Crippen LogP contribution in [0.25, 0.3) is 0 Å². The summed E-state index contributed by atoms with van der Waals surface area (Å²) in [5.41, 5.74) is 7.04. The Kier molecular flexibility index (Phi) is 10.5. The van der Waals surface area contributed by atoms with Crippen molar-refractivity contribution in [2.24, 2.45) is 10.9 Å². The second-order valence-corrected chi connectivity index (χ2v) is 12.2. The van der Waals surface area contributed by atoms with Crippen molar-refractivity contribution in [2.75, 3.05) is 13.1 Å². The monoisotopic (exact) mass is 606 g/mol. The smallest absolute Gasteiger partial charge is 0.320 e. The van der Waals surface area contributed by atoms with E-state index in [9.17, 15) is 14.4 Å². The van der Waals surface area contributed by atoms with E-state index in [4.69, 9.17) is 15.7 Å². The number of nitrogens with one attached hydrogen (secondary N) is 2. The van der Waals surface area contributed by atoms with Gasteiger partial charge in [0.2, 0.25) is 11.8 Å². The van der Waals surface area contributed by atoms with Crippen LogP contribution in [-0.2, 0) is 25.7 Å². The van der Waals surface area contributed by atoms with Gasteiger partial charge in [0.05, 0.1) is 19.1 Å². The van der Waals surface area contributed by atoms with Crippen molar-refractivity contribution in [1.82, 2.24) is 20.5 Å². The molecule has 228 valence electrons. The summed E-state index contributed by atoms with van der Waals surface area (Å²) in [6, 6.07) is 17.8. The van der Waals surface area contributed by atoms with Crippen molar-refractivity contribution in [3.8, 4) is 0 Å². The van der Waals surface area contributed by atoms with Crippen molar-refractivity contribution in [3.05, 3.63) is 87.9 Å². The molecule has 2 atom stereocenters. The summed E-state index contributed by atoms with van der Waals surface area (Å²) >= 11 is 1.27. The number of amides is 2. The van der Waals surface area contributed by atoms with Crippen LogP contribution in [-0.4, -0.2) is 69.5 Å². The number of nitrogens with zero attached hydrogens (tertiary/aromatic N) is 3. The van der Waals surface area contributed by atoms with E-state index in [1.807, 2.05) is 60.7 Å². The van der Waals surface area contributed by atoms with Crippen molar-refractivity contribution in [1.29, 1.82) is 0 Å². The number of hydrogen-bond donors (Lipinski definition) is 4. The molecule has 0 radical (unpaired) electrons. The number of amidine groups is 1. The second-order valence-electron chi connectivity index (χ2n) is 11.3. The molecule has 0 saturated carbocycles. The number of thiazole rings is 1. The van der Waals surface area contributed by atoms with Gasteiger partial charge in [-0.15, -0.1) is 11.3 Å². The maximum absolute atomic E-state index is 14.4. The fourth-order valence-corrected chi connectivity index (χ4v) is 5.87. The molecule has 2 aromatic carbocycles. The van der Waals surface area contributed by atoms with Crippen molar-refractivity contribution < 1.29 is 24.3 Å². The lowest BCUT2D eigenvalue weighted by Crippen LogP contribution is -2.55. The van der Waals surface area contributed by atoms with Gasteiger partial charge in [0.1, 0.15) is 22.3 Å². The maximum Gasteiger partial charge on any atom is 0.320 e. The standard InChI is InChI=1S/C31H38N6O5S/c1-31(2,3)42-25(38)18-33-27(26(20-11-6-4-7-12-20)21-13-8-5-9-14-21)30(40)37-16-10-15-23(37)29(39)34-17-24-35-22(19-43-24)28(32)36-41/h4-9,11-14,19,23,26-27,33,41H,10,15-18H2,1-3H3,(H2,32,36)(H,34,39)/t23-,27+/m0/s1. The van der Waals surface area contributed by atoms with Gasteiger partial charge < -0.3 is 25.9 Å². The van der Waals surface area contributed by atoms with Gasteiger partial charge in [0.15, 0.2) is 5.84 Å². The molecule has 1 aromatic heterocycles. The Bertz CT molecular complexity index is 1380. The van der Waals surface area contributed by atoms with Crippen molar-refractivity contribution in [2.45, 2.75) is 63.8 Å². The second kappa shape index (κ2) is 14.3. The summed E-state index contributed by atoms with van der Waals surface area (Å²) in [6.07, 6.45) is 1.17. The van der Waals surface area contributed by atoms with E-state index in [-0.39, 0.29) is 30.7 Å². The molecule has 5 N–H and O–H groups in total. The van der Waals surface area contributed by atoms with Crippen LogP contribution in [0.5, 0.6) is 0 Å². The number of benzene rings is 2. The Labute approximate surface area is 255 Å². The van der Waals surface area contributed by atoms with Crippen LogP contribution < -0.4 is 16.4 Å². The molecular formula is C31H38N6O5S. The van der Waals surface area contributed by atoms with E-state index in [0.29, 0.717) is 30.1 Å². The number of likely N-dealkylation sites (tertiary alicyclic amines) is 1. The van der Waals surface area contributed by atoms with E-state index in [2.05, 4.69) is 20.8 Å². The zero-order chi connectivity index (χ0) is 31.0. The fourth-order valence-electron chi connectivity index (χ4n) is 5.14. The van der Waals surface area contributed by atoms with Gasteiger partial charge in [-0.05, 0) is 44.7 Å². The molecule has 0 spiro atoms. The number of carbonyl (C=O) groups is 3. The van der Waals surface area contributed by atoms with Gasteiger partial charge in [-0.3, -0.25) is 19.7 Å². The topological polar surface area (TPSA) is 159 Å². The SMILES string of the molecule is CC(C)(C)OC(=O)CN[C@@H](C(=O)N1CCC[C@H]1C(=O)NCc1nc(/C(N)=N\O)cs1)C(c1ccccc1)c1ccccc1. The van der Waals surface area contributed by atoms with Crippen LogP contribution in [0.2, 0.25) is 0 Å². The Morgan fingerprint density at radius 1 is 1.12 bits per heavy atom. The summed E-state index contributed by atoms with van der Waals surface area (Å²) < 4.78 is 5.52. The van der Waals surface area contributed by atoms with Crippen molar-refractivity contribution >= 4 is 35.0 Å². The first-order chi connectivity index (χ1) is 20.6. The van der Waals surface area contributed by atoms with Crippen LogP contribution in [0.4, 0.5) is 0 Å². The molecule has 1 aliphatic rings. The molecule has 0 unspecified atom stereocenters. The predicted octanol–water partition coefficient (Wildman–Crippen LogP) is 2.98. The molecule has 12 heteroatoms.